The summed E-state index contributed by atoms with van der Waals surface area (Å²) in [4.78, 5) is 7.02. The van der Waals surface area contributed by atoms with Crippen LogP contribution >= 0.6 is 0 Å². The van der Waals surface area contributed by atoms with Gasteiger partial charge in [0, 0.05) is 43.2 Å². The molecule has 10 heteroatoms. The molecule has 2 saturated heterocycles. The summed E-state index contributed by atoms with van der Waals surface area (Å²) >= 11 is 0. The topological polar surface area (TPSA) is 107 Å². The molecular weight excluding hydrogens is 588 g/mol. The van der Waals surface area contributed by atoms with Crippen LogP contribution in [0.1, 0.15) is 18.4 Å². The molecule has 0 saturated carbocycles. The molecule has 3 aromatic carbocycles. The van der Waals surface area contributed by atoms with E-state index >= 15 is 0 Å². The number of pyridine rings is 1. The molecule has 0 aliphatic carbocycles. The molecular formula is C35H32N4O5S. The summed E-state index contributed by atoms with van der Waals surface area (Å²) in [5.41, 5.74) is 4.56. The Morgan fingerprint density at radius 3 is 2.29 bits per heavy atom. The van der Waals surface area contributed by atoms with Crippen molar-refractivity contribution in [2.24, 2.45) is 0 Å². The van der Waals surface area contributed by atoms with Crippen molar-refractivity contribution in [3.05, 3.63) is 96.7 Å². The first kappa shape index (κ1) is 29.0. The van der Waals surface area contributed by atoms with E-state index < -0.39 is 10.0 Å². The zero-order valence-corrected chi connectivity index (χ0v) is 25.4. The Hall–Kier alpha value is -4.69. The first-order chi connectivity index (χ1) is 22.0. The second kappa shape index (κ2) is 12.4. The van der Waals surface area contributed by atoms with E-state index in [1.54, 1.807) is 42.6 Å². The number of aromatic nitrogens is 2. The van der Waals surface area contributed by atoms with Gasteiger partial charge in [0.25, 0.3) is 10.0 Å². The average Bonchev–Trinajstić information content (AvgIpc) is 3.51. The quantitative estimate of drug-likeness (QED) is 0.222. The van der Waals surface area contributed by atoms with Crippen molar-refractivity contribution in [3.8, 4) is 34.2 Å². The van der Waals surface area contributed by atoms with Gasteiger partial charge in [-0.1, -0.05) is 36.4 Å². The van der Waals surface area contributed by atoms with E-state index in [1.165, 1.54) is 3.97 Å². The molecule has 0 spiro atoms. The summed E-state index contributed by atoms with van der Waals surface area (Å²) < 4.78 is 46.9. The second-order valence-corrected chi connectivity index (χ2v) is 12.9. The molecule has 0 unspecified atom stereocenters. The van der Waals surface area contributed by atoms with E-state index in [-0.39, 0.29) is 11.0 Å². The van der Waals surface area contributed by atoms with Gasteiger partial charge in [-0.2, -0.15) is 5.26 Å². The molecule has 2 aliphatic heterocycles. The van der Waals surface area contributed by atoms with Gasteiger partial charge in [0.1, 0.15) is 17.9 Å². The highest BCUT2D eigenvalue weighted by molar-refractivity contribution is 7.90. The third-order valence-corrected chi connectivity index (χ3v) is 10.1. The standard InChI is InChI=1S/C35H32N4O5S/c36-24-27-22-26(8-11-34(27)44-29-13-18-42-19-14-29)31-12-15-37-35-32(31)23-33(39(35)45(40,41)30-4-2-1-3-5-30)25-6-9-28(10-7-25)38-16-20-43-21-17-38/h1-12,15,22-23,29H,13-14,16-21H2. The maximum atomic E-state index is 14.2. The van der Waals surface area contributed by atoms with E-state index in [0.717, 1.165) is 48.3 Å². The molecule has 228 valence electrons. The summed E-state index contributed by atoms with van der Waals surface area (Å²) in [6, 6.07) is 27.8. The van der Waals surface area contributed by atoms with Gasteiger partial charge in [-0.05, 0) is 65.2 Å². The SMILES string of the molecule is N#Cc1cc(-c2ccnc3c2cc(-c2ccc(N4CCOCC4)cc2)n3S(=O)(=O)c2ccccc2)ccc1OC1CCOCC1. The number of nitriles is 1. The largest absolute Gasteiger partial charge is 0.489 e. The van der Waals surface area contributed by atoms with Crippen molar-refractivity contribution in [1.29, 1.82) is 5.26 Å². The first-order valence-corrected chi connectivity index (χ1v) is 16.5. The Morgan fingerprint density at radius 2 is 1.56 bits per heavy atom. The van der Waals surface area contributed by atoms with E-state index in [9.17, 15) is 13.7 Å². The molecule has 0 atom stereocenters. The minimum atomic E-state index is -4.02. The van der Waals surface area contributed by atoms with E-state index in [0.29, 0.717) is 54.5 Å². The molecule has 45 heavy (non-hydrogen) atoms. The molecule has 0 amide bonds. The average molecular weight is 621 g/mol. The molecule has 4 heterocycles. The van der Waals surface area contributed by atoms with Crippen LogP contribution in [0.15, 0.2) is 96.0 Å². The van der Waals surface area contributed by atoms with Crippen LogP contribution in [0, 0.1) is 11.3 Å². The number of benzene rings is 3. The number of anilines is 1. The molecule has 2 aliphatic rings. The smallest absolute Gasteiger partial charge is 0.269 e. The number of ether oxygens (including phenoxy) is 3. The van der Waals surface area contributed by atoms with Crippen LogP contribution in [0.3, 0.4) is 0 Å². The Kier molecular flexibility index (Phi) is 7.98. The fourth-order valence-electron chi connectivity index (χ4n) is 5.99. The zero-order valence-electron chi connectivity index (χ0n) is 24.6. The van der Waals surface area contributed by atoms with Gasteiger partial charge in [-0.15, -0.1) is 0 Å². The lowest BCUT2D eigenvalue weighted by atomic mass is 10.0. The lowest BCUT2D eigenvalue weighted by Crippen LogP contribution is -2.36. The van der Waals surface area contributed by atoms with Gasteiger partial charge in [0.05, 0.1) is 42.6 Å². The van der Waals surface area contributed by atoms with Crippen LogP contribution in [0.4, 0.5) is 5.69 Å². The number of rotatable bonds is 7. The fraction of sp³-hybridized carbons (Fsp3) is 0.257. The van der Waals surface area contributed by atoms with Crippen LogP contribution in [0.25, 0.3) is 33.4 Å². The predicted octanol–water partition coefficient (Wildman–Crippen LogP) is 5.87. The molecule has 2 fully saturated rings. The molecule has 0 bridgehead atoms. The lowest BCUT2D eigenvalue weighted by molar-refractivity contribution is 0.0254. The monoisotopic (exact) mass is 620 g/mol. The van der Waals surface area contributed by atoms with E-state index in [1.807, 2.05) is 48.5 Å². The van der Waals surface area contributed by atoms with Crippen molar-refractivity contribution in [3.63, 3.8) is 0 Å². The lowest BCUT2D eigenvalue weighted by Gasteiger charge is -2.28. The third-order valence-electron chi connectivity index (χ3n) is 8.36. The summed E-state index contributed by atoms with van der Waals surface area (Å²) in [5, 5.41) is 10.7. The predicted molar refractivity (Wildman–Crippen MR) is 172 cm³/mol. The first-order valence-electron chi connectivity index (χ1n) is 15.1. The number of morpholine rings is 1. The van der Waals surface area contributed by atoms with Gasteiger partial charge in [-0.3, -0.25) is 0 Å². The number of fused-ring (bicyclic) bond motifs is 1. The van der Waals surface area contributed by atoms with Crippen LogP contribution in [0.5, 0.6) is 5.75 Å². The Labute approximate surface area is 262 Å². The number of hydrogen-bond donors (Lipinski definition) is 0. The highest BCUT2D eigenvalue weighted by Gasteiger charge is 2.27. The van der Waals surface area contributed by atoms with Crippen LogP contribution in [-0.4, -0.2) is 63.0 Å². The van der Waals surface area contributed by atoms with Gasteiger partial charge in [-0.25, -0.2) is 17.4 Å². The van der Waals surface area contributed by atoms with Crippen molar-refractivity contribution in [1.82, 2.24) is 8.96 Å². The van der Waals surface area contributed by atoms with Gasteiger partial charge >= 0.3 is 0 Å². The van der Waals surface area contributed by atoms with Crippen LogP contribution in [0.2, 0.25) is 0 Å². The summed E-state index contributed by atoms with van der Waals surface area (Å²) in [6.45, 7) is 4.24. The third kappa shape index (κ3) is 5.66. The van der Waals surface area contributed by atoms with Gasteiger partial charge < -0.3 is 19.1 Å². The van der Waals surface area contributed by atoms with Gasteiger partial charge in [0.15, 0.2) is 5.65 Å². The van der Waals surface area contributed by atoms with Crippen molar-refractivity contribution >= 4 is 26.7 Å². The number of hydrogen-bond acceptors (Lipinski definition) is 8. The molecule has 2 aromatic heterocycles. The fourth-order valence-corrected chi connectivity index (χ4v) is 7.50. The second-order valence-electron chi connectivity index (χ2n) is 11.1. The Morgan fingerprint density at radius 1 is 0.844 bits per heavy atom. The van der Waals surface area contributed by atoms with E-state index in [4.69, 9.17) is 14.2 Å². The molecule has 9 nitrogen and oxygen atoms in total. The summed E-state index contributed by atoms with van der Waals surface area (Å²) in [5.74, 6) is 0.531. The minimum absolute atomic E-state index is 0.00116. The normalized spacial score (nSPS) is 16.0. The minimum Gasteiger partial charge on any atom is -0.489 e. The number of nitrogens with zero attached hydrogens (tertiary/aromatic N) is 4. The highest BCUT2D eigenvalue weighted by Crippen LogP contribution is 2.38. The van der Waals surface area contributed by atoms with Crippen LogP contribution < -0.4 is 9.64 Å². The van der Waals surface area contributed by atoms with E-state index in [2.05, 4.69) is 16.0 Å². The summed E-state index contributed by atoms with van der Waals surface area (Å²) in [7, 11) is -4.02. The van der Waals surface area contributed by atoms with Crippen LogP contribution in [-0.2, 0) is 19.5 Å². The molecule has 0 N–H and O–H groups in total. The summed E-state index contributed by atoms with van der Waals surface area (Å²) in [6.07, 6.45) is 3.16. The molecule has 5 aromatic rings. The zero-order chi connectivity index (χ0) is 30.8. The van der Waals surface area contributed by atoms with Gasteiger partial charge in [0.2, 0.25) is 0 Å². The Balaban J connectivity index is 1.35. The van der Waals surface area contributed by atoms with Crippen molar-refractivity contribution in [2.75, 3.05) is 44.4 Å². The maximum Gasteiger partial charge on any atom is 0.269 e. The van der Waals surface area contributed by atoms with Crippen molar-refractivity contribution < 1.29 is 22.6 Å². The highest BCUT2D eigenvalue weighted by atomic mass is 32.2. The molecule has 0 radical (unpaired) electrons. The van der Waals surface area contributed by atoms with Crippen molar-refractivity contribution in [2.45, 2.75) is 23.8 Å². The maximum absolute atomic E-state index is 14.2. The Bertz CT molecular complexity index is 1970. The molecule has 7 rings (SSSR count).